The Morgan fingerprint density at radius 1 is 1.48 bits per heavy atom. The number of hydrogen-bond donors (Lipinski definition) is 0. The van der Waals surface area contributed by atoms with Gasteiger partial charge in [0.25, 0.3) is 0 Å². The summed E-state index contributed by atoms with van der Waals surface area (Å²) in [4.78, 5) is 15.9. The molecule has 2 fully saturated rings. The van der Waals surface area contributed by atoms with Crippen LogP contribution in [0.2, 0.25) is 0 Å². The van der Waals surface area contributed by atoms with Crippen molar-refractivity contribution in [1.29, 1.82) is 0 Å². The minimum Gasteiger partial charge on any atom is -0.464 e. The summed E-state index contributed by atoms with van der Waals surface area (Å²) in [7, 11) is 1.97. The predicted octanol–water partition coefficient (Wildman–Crippen LogP) is -0.0709. The fraction of sp³-hybridized carbons (Fsp3) is 0.643. The fourth-order valence-electron chi connectivity index (χ4n) is 2.85. The Kier molecular flexibility index (Phi) is 4.31. The molecular formula is C14H20N4O3. The summed E-state index contributed by atoms with van der Waals surface area (Å²) in [6, 6.07) is 3.68. The maximum absolute atomic E-state index is 11.7. The van der Waals surface area contributed by atoms with Crippen molar-refractivity contribution < 1.29 is 14.3 Å². The second kappa shape index (κ2) is 6.36. The maximum Gasteiger partial charge on any atom is 0.323 e. The Morgan fingerprint density at radius 2 is 2.38 bits per heavy atom. The molecule has 2 unspecified atom stereocenters. The number of rotatable bonds is 4. The number of hydrogen-bond acceptors (Lipinski definition) is 7. The first-order valence-electron chi connectivity index (χ1n) is 7.25. The highest BCUT2D eigenvalue weighted by Crippen LogP contribution is 2.18. The summed E-state index contributed by atoms with van der Waals surface area (Å²) in [5.74, 6) is 0.719. The number of likely N-dealkylation sites (N-methyl/N-ethyl adjacent to an activating group) is 1. The van der Waals surface area contributed by atoms with Gasteiger partial charge in [0, 0.05) is 39.3 Å². The van der Waals surface area contributed by atoms with Crippen LogP contribution in [-0.2, 0) is 14.3 Å². The number of carbonyl (C=O) groups is 1. The van der Waals surface area contributed by atoms with E-state index < -0.39 is 0 Å². The van der Waals surface area contributed by atoms with Gasteiger partial charge in [-0.3, -0.25) is 9.69 Å². The number of nitrogens with zero attached hydrogens (tertiary/aromatic N) is 4. The highest BCUT2D eigenvalue weighted by Gasteiger charge is 2.35. The minimum absolute atomic E-state index is 0.0548. The molecule has 0 amide bonds. The molecule has 0 saturated carbocycles. The van der Waals surface area contributed by atoms with Gasteiger partial charge in [0.05, 0.1) is 19.3 Å². The Labute approximate surface area is 123 Å². The normalized spacial score (nSPS) is 26.6. The lowest BCUT2D eigenvalue weighted by atomic mass is 10.1. The molecule has 2 aliphatic heterocycles. The summed E-state index contributed by atoms with van der Waals surface area (Å²) in [5.41, 5.74) is 0. The van der Waals surface area contributed by atoms with Crippen LogP contribution in [0.25, 0.3) is 0 Å². The molecule has 1 aromatic heterocycles. The Balaban J connectivity index is 1.57. The van der Waals surface area contributed by atoms with E-state index in [1.54, 1.807) is 6.20 Å². The van der Waals surface area contributed by atoms with Crippen LogP contribution in [0.4, 0.5) is 5.82 Å². The predicted molar refractivity (Wildman–Crippen MR) is 76.0 cm³/mol. The molecule has 0 spiro atoms. The van der Waals surface area contributed by atoms with Crippen molar-refractivity contribution in [2.75, 3.05) is 44.8 Å². The van der Waals surface area contributed by atoms with Gasteiger partial charge in [0.15, 0.2) is 5.82 Å². The molecule has 0 bridgehead atoms. The van der Waals surface area contributed by atoms with E-state index in [2.05, 4.69) is 15.1 Å². The zero-order valence-electron chi connectivity index (χ0n) is 12.1. The van der Waals surface area contributed by atoms with E-state index in [-0.39, 0.29) is 18.1 Å². The van der Waals surface area contributed by atoms with E-state index in [0.29, 0.717) is 13.2 Å². The fourth-order valence-corrected chi connectivity index (χ4v) is 2.85. The number of anilines is 1. The summed E-state index contributed by atoms with van der Waals surface area (Å²) in [5, 5.41) is 7.97. The van der Waals surface area contributed by atoms with E-state index in [1.807, 2.05) is 24.1 Å². The van der Waals surface area contributed by atoms with E-state index in [0.717, 1.165) is 31.9 Å². The Hall–Kier alpha value is -1.73. The SMILES string of the molecule is CN(CC1CN(C2CCOC2=O)CCO1)c1cccnn1. The lowest BCUT2D eigenvalue weighted by molar-refractivity contribution is -0.144. The van der Waals surface area contributed by atoms with Gasteiger partial charge in [-0.2, -0.15) is 5.10 Å². The number of carbonyl (C=O) groups excluding carboxylic acids is 1. The second-order valence-corrected chi connectivity index (χ2v) is 5.42. The molecule has 2 atom stereocenters. The molecule has 3 rings (SSSR count). The lowest BCUT2D eigenvalue weighted by Gasteiger charge is -2.36. The van der Waals surface area contributed by atoms with Crippen LogP contribution in [0.1, 0.15) is 6.42 Å². The molecule has 7 heteroatoms. The van der Waals surface area contributed by atoms with E-state index in [9.17, 15) is 4.79 Å². The van der Waals surface area contributed by atoms with Crippen molar-refractivity contribution in [3.8, 4) is 0 Å². The van der Waals surface area contributed by atoms with Crippen molar-refractivity contribution in [3.05, 3.63) is 18.3 Å². The molecular weight excluding hydrogens is 272 g/mol. The van der Waals surface area contributed by atoms with Crippen LogP contribution in [0.5, 0.6) is 0 Å². The molecule has 0 aliphatic carbocycles. The Morgan fingerprint density at radius 3 is 3.10 bits per heavy atom. The van der Waals surface area contributed by atoms with Crippen LogP contribution >= 0.6 is 0 Å². The van der Waals surface area contributed by atoms with Gasteiger partial charge in [0.2, 0.25) is 0 Å². The first kappa shape index (κ1) is 14.2. The standard InChI is InChI=1S/C14H20N4O3/c1-17(13-3-2-5-15-16-13)9-11-10-18(6-8-20-11)12-4-7-21-14(12)19/h2-3,5,11-12H,4,6-10H2,1H3. The number of cyclic esters (lactones) is 1. The second-order valence-electron chi connectivity index (χ2n) is 5.42. The number of esters is 1. The third-order valence-corrected chi connectivity index (χ3v) is 3.95. The van der Waals surface area contributed by atoms with Crippen molar-refractivity contribution in [1.82, 2.24) is 15.1 Å². The minimum atomic E-state index is -0.0991. The molecule has 2 saturated heterocycles. The van der Waals surface area contributed by atoms with E-state index >= 15 is 0 Å². The zero-order chi connectivity index (χ0) is 14.7. The van der Waals surface area contributed by atoms with Crippen molar-refractivity contribution >= 4 is 11.8 Å². The van der Waals surface area contributed by atoms with Gasteiger partial charge in [-0.1, -0.05) is 0 Å². The number of aromatic nitrogens is 2. The average molecular weight is 292 g/mol. The first-order chi connectivity index (χ1) is 10.2. The van der Waals surface area contributed by atoms with Crippen molar-refractivity contribution in [3.63, 3.8) is 0 Å². The van der Waals surface area contributed by atoms with E-state index in [1.165, 1.54) is 0 Å². The summed E-state index contributed by atoms with van der Waals surface area (Å²) in [6.45, 7) is 3.42. The van der Waals surface area contributed by atoms with Gasteiger partial charge >= 0.3 is 5.97 Å². The molecule has 3 heterocycles. The van der Waals surface area contributed by atoms with Crippen LogP contribution in [-0.4, -0.2) is 73.1 Å². The van der Waals surface area contributed by atoms with Crippen molar-refractivity contribution in [2.45, 2.75) is 18.6 Å². The quantitative estimate of drug-likeness (QED) is 0.720. The van der Waals surface area contributed by atoms with Gasteiger partial charge in [0.1, 0.15) is 6.04 Å². The van der Waals surface area contributed by atoms with Crippen LogP contribution in [0, 0.1) is 0 Å². The van der Waals surface area contributed by atoms with E-state index in [4.69, 9.17) is 9.47 Å². The molecule has 0 N–H and O–H groups in total. The molecule has 114 valence electrons. The molecule has 21 heavy (non-hydrogen) atoms. The molecule has 7 nitrogen and oxygen atoms in total. The molecule has 0 radical (unpaired) electrons. The number of morpholine rings is 1. The van der Waals surface area contributed by atoms with Crippen LogP contribution in [0.15, 0.2) is 18.3 Å². The van der Waals surface area contributed by atoms with Crippen molar-refractivity contribution in [2.24, 2.45) is 0 Å². The molecule has 0 aromatic carbocycles. The zero-order valence-corrected chi connectivity index (χ0v) is 12.1. The topological polar surface area (TPSA) is 67.8 Å². The van der Waals surface area contributed by atoms with Crippen LogP contribution in [0.3, 0.4) is 0 Å². The maximum atomic E-state index is 11.7. The van der Waals surface area contributed by atoms with Gasteiger partial charge in [-0.05, 0) is 12.1 Å². The summed E-state index contributed by atoms with van der Waals surface area (Å²) < 4.78 is 10.9. The average Bonchev–Trinajstić information content (AvgIpc) is 2.94. The monoisotopic (exact) mass is 292 g/mol. The third kappa shape index (κ3) is 3.30. The molecule has 2 aliphatic rings. The van der Waals surface area contributed by atoms with Crippen LogP contribution < -0.4 is 4.90 Å². The van der Waals surface area contributed by atoms with Gasteiger partial charge in [-0.15, -0.1) is 5.10 Å². The smallest absolute Gasteiger partial charge is 0.323 e. The van der Waals surface area contributed by atoms with Gasteiger partial charge in [-0.25, -0.2) is 0 Å². The summed E-state index contributed by atoms with van der Waals surface area (Å²) in [6.07, 6.45) is 2.49. The van der Waals surface area contributed by atoms with Gasteiger partial charge < -0.3 is 14.4 Å². The highest BCUT2D eigenvalue weighted by molar-refractivity contribution is 5.77. The lowest BCUT2D eigenvalue weighted by Crippen LogP contribution is -2.52. The summed E-state index contributed by atoms with van der Waals surface area (Å²) >= 11 is 0. The number of ether oxygens (including phenoxy) is 2. The largest absolute Gasteiger partial charge is 0.464 e. The first-order valence-corrected chi connectivity index (χ1v) is 7.25. The highest BCUT2D eigenvalue weighted by atomic mass is 16.5. The molecule has 1 aromatic rings. The Bertz CT molecular complexity index is 484. The third-order valence-electron chi connectivity index (χ3n) is 3.95.